The van der Waals surface area contributed by atoms with Crippen molar-refractivity contribution in [2.75, 3.05) is 0 Å². The van der Waals surface area contributed by atoms with Crippen molar-refractivity contribution in [1.82, 2.24) is 5.43 Å². The third-order valence-corrected chi connectivity index (χ3v) is 2.74. The molecule has 0 saturated heterocycles. The number of benzene rings is 1. The van der Waals surface area contributed by atoms with Crippen LogP contribution in [-0.4, -0.2) is 12.1 Å². The molecule has 1 amide bonds. The normalized spacial score (nSPS) is 10.8. The third-order valence-electron chi connectivity index (χ3n) is 2.51. The maximum Gasteiger partial charge on any atom is 0.240 e. The second kappa shape index (κ2) is 8.70. The lowest BCUT2D eigenvalue weighted by atomic mass is 10.1. The van der Waals surface area contributed by atoms with Crippen molar-refractivity contribution in [3.8, 4) is 0 Å². The molecule has 0 aliphatic rings. The number of nitrogens with one attached hydrogen (secondary N) is 1. The fourth-order valence-corrected chi connectivity index (χ4v) is 1.73. The minimum Gasteiger partial charge on any atom is -0.273 e. The summed E-state index contributed by atoms with van der Waals surface area (Å²) >= 11 is 5.84. The van der Waals surface area contributed by atoms with Gasteiger partial charge in [0, 0.05) is 11.4 Å². The van der Waals surface area contributed by atoms with Crippen molar-refractivity contribution >= 4 is 23.7 Å². The summed E-state index contributed by atoms with van der Waals surface area (Å²) in [4.78, 5) is 11.4. The zero-order valence-electron chi connectivity index (χ0n) is 10.7. The molecule has 0 spiro atoms. The Hall–Kier alpha value is -1.35. The zero-order valence-corrected chi connectivity index (χ0v) is 11.4. The molecule has 4 heteroatoms. The van der Waals surface area contributed by atoms with Crippen molar-refractivity contribution in [2.45, 2.75) is 39.0 Å². The van der Waals surface area contributed by atoms with Gasteiger partial charge in [0.25, 0.3) is 0 Å². The Morgan fingerprint density at radius 3 is 2.94 bits per heavy atom. The van der Waals surface area contributed by atoms with E-state index in [1.807, 2.05) is 12.1 Å². The van der Waals surface area contributed by atoms with Crippen molar-refractivity contribution in [1.29, 1.82) is 0 Å². The van der Waals surface area contributed by atoms with Gasteiger partial charge in [-0.15, -0.1) is 0 Å². The van der Waals surface area contributed by atoms with Gasteiger partial charge >= 0.3 is 0 Å². The van der Waals surface area contributed by atoms with E-state index in [1.54, 1.807) is 18.3 Å². The van der Waals surface area contributed by atoms with Crippen LogP contribution < -0.4 is 5.43 Å². The van der Waals surface area contributed by atoms with Crippen molar-refractivity contribution in [3.05, 3.63) is 34.9 Å². The summed E-state index contributed by atoms with van der Waals surface area (Å²) < 4.78 is 0. The lowest BCUT2D eigenvalue weighted by Gasteiger charge is -1.99. The average Bonchev–Trinajstić information content (AvgIpc) is 2.35. The highest BCUT2D eigenvalue weighted by molar-refractivity contribution is 6.30. The highest BCUT2D eigenvalue weighted by Crippen LogP contribution is 2.08. The molecule has 1 N–H and O–H groups in total. The van der Waals surface area contributed by atoms with E-state index in [-0.39, 0.29) is 5.91 Å². The van der Waals surface area contributed by atoms with Crippen molar-refractivity contribution in [3.63, 3.8) is 0 Å². The molecule has 98 valence electrons. The Morgan fingerprint density at radius 1 is 1.39 bits per heavy atom. The highest BCUT2D eigenvalue weighted by Gasteiger charge is 1.98. The molecule has 0 bridgehead atoms. The summed E-state index contributed by atoms with van der Waals surface area (Å²) in [6, 6.07) is 7.31. The molecule has 0 aromatic heterocycles. The van der Waals surface area contributed by atoms with Crippen molar-refractivity contribution in [2.24, 2.45) is 5.10 Å². The molecule has 0 radical (unpaired) electrons. The highest BCUT2D eigenvalue weighted by atomic mass is 35.5. The molecule has 0 aliphatic heterocycles. The minimum atomic E-state index is -0.0376. The first kappa shape index (κ1) is 14.7. The van der Waals surface area contributed by atoms with Crippen LogP contribution in [0.5, 0.6) is 0 Å². The van der Waals surface area contributed by atoms with Crippen LogP contribution in [-0.2, 0) is 4.79 Å². The van der Waals surface area contributed by atoms with Gasteiger partial charge in [-0.3, -0.25) is 4.79 Å². The number of rotatable bonds is 7. The SMILES string of the molecule is CCCCCCC(=O)NN=Cc1cccc(Cl)c1. The van der Waals surface area contributed by atoms with Gasteiger partial charge in [0.15, 0.2) is 0 Å². The quantitative estimate of drug-likeness (QED) is 0.456. The number of hydrazone groups is 1. The van der Waals surface area contributed by atoms with Crippen LogP contribution >= 0.6 is 11.6 Å². The summed E-state index contributed by atoms with van der Waals surface area (Å²) in [5.74, 6) is -0.0376. The van der Waals surface area contributed by atoms with E-state index in [0.29, 0.717) is 11.4 Å². The molecule has 0 heterocycles. The van der Waals surface area contributed by atoms with Gasteiger partial charge in [-0.2, -0.15) is 5.10 Å². The van der Waals surface area contributed by atoms with Crippen molar-refractivity contribution < 1.29 is 4.79 Å². The van der Waals surface area contributed by atoms with Gasteiger partial charge in [-0.1, -0.05) is 49.9 Å². The Bertz CT molecular complexity index is 405. The molecule has 1 aromatic carbocycles. The van der Waals surface area contributed by atoms with E-state index in [2.05, 4.69) is 17.5 Å². The zero-order chi connectivity index (χ0) is 13.2. The van der Waals surface area contributed by atoms with E-state index in [1.165, 1.54) is 12.8 Å². The average molecular weight is 267 g/mol. The first-order chi connectivity index (χ1) is 8.72. The largest absolute Gasteiger partial charge is 0.273 e. The van der Waals surface area contributed by atoms with E-state index in [4.69, 9.17) is 11.6 Å². The van der Waals surface area contributed by atoms with Crippen LogP contribution in [0.2, 0.25) is 5.02 Å². The predicted octanol–water partition coefficient (Wildman–Crippen LogP) is 3.76. The van der Waals surface area contributed by atoms with Crippen LogP contribution in [0.1, 0.15) is 44.6 Å². The number of amides is 1. The lowest BCUT2D eigenvalue weighted by Crippen LogP contribution is -2.16. The number of nitrogens with zero attached hydrogens (tertiary/aromatic N) is 1. The lowest BCUT2D eigenvalue weighted by molar-refractivity contribution is -0.121. The summed E-state index contributed by atoms with van der Waals surface area (Å²) in [6.07, 6.45) is 6.50. The van der Waals surface area contributed by atoms with Gasteiger partial charge in [0.1, 0.15) is 0 Å². The first-order valence-corrected chi connectivity index (χ1v) is 6.67. The third kappa shape index (κ3) is 6.40. The molecule has 0 fully saturated rings. The maximum absolute atomic E-state index is 11.4. The second-order valence-electron chi connectivity index (χ2n) is 4.16. The Morgan fingerprint density at radius 2 is 2.22 bits per heavy atom. The number of hydrogen-bond donors (Lipinski definition) is 1. The van der Waals surface area contributed by atoms with Gasteiger partial charge in [-0.05, 0) is 24.1 Å². The maximum atomic E-state index is 11.4. The van der Waals surface area contributed by atoms with Crippen LogP contribution in [0.4, 0.5) is 0 Å². The van der Waals surface area contributed by atoms with E-state index < -0.39 is 0 Å². The molecule has 1 aromatic rings. The molecule has 0 unspecified atom stereocenters. The smallest absolute Gasteiger partial charge is 0.240 e. The minimum absolute atomic E-state index is 0.0376. The summed E-state index contributed by atoms with van der Waals surface area (Å²) in [7, 11) is 0. The molecule has 0 atom stereocenters. The van der Waals surface area contributed by atoms with E-state index >= 15 is 0 Å². The van der Waals surface area contributed by atoms with Gasteiger partial charge in [-0.25, -0.2) is 5.43 Å². The number of unbranched alkanes of at least 4 members (excludes halogenated alkanes) is 3. The summed E-state index contributed by atoms with van der Waals surface area (Å²) in [6.45, 7) is 2.15. The van der Waals surface area contributed by atoms with Crippen LogP contribution in [0, 0.1) is 0 Å². The fourth-order valence-electron chi connectivity index (χ4n) is 1.53. The first-order valence-electron chi connectivity index (χ1n) is 6.30. The summed E-state index contributed by atoms with van der Waals surface area (Å²) in [5.41, 5.74) is 3.38. The predicted molar refractivity (Wildman–Crippen MR) is 75.9 cm³/mol. The number of carbonyl (C=O) groups excluding carboxylic acids is 1. The van der Waals surface area contributed by atoms with E-state index in [9.17, 15) is 4.79 Å². The Labute approximate surface area is 113 Å². The van der Waals surface area contributed by atoms with Crippen LogP contribution in [0.25, 0.3) is 0 Å². The number of halogens is 1. The molecule has 18 heavy (non-hydrogen) atoms. The fraction of sp³-hybridized carbons (Fsp3) is 0.429. The summed E-state index contributed by atoms with van der Waals surface area (Å²) in [5, 5.41) is 4.56. The number of carbonyl (C=O) groups is 1. The van der Waals surface area contributed by atoms with Crippen LogP contribution in [0.3, 0.4) is 0 Å². The second-order valence-corrected chi connectivity index (χ2v) is 4.60. The standard InChI is InChI=1S/C14H19ClN2O/c1-2-3-4-5-9-14(18)17-16-11-12-7-6-8-13(15)10-12/h6-8,10-11H,2-5,9H2,1H3,(H,17,18). The molecule has 3 nitrogen and oxygen atoms in total. The molecular formula is C14H19ClN2O. The van der Waals surface area contributed by atoms with Gasteiger partial charge in [0.05, 0.1) is 6.21 Å². The molecule has 1 rings (SSSR count). The Balaban J connectivity index is 2.25. The molecule has 0 aliphatic carbocycles. The van der Waals surface area contributed by atoms with E-state index in [0.717, 1.165) is 18.4 Å². The Kier molecular flexibility index (Phi) is 7.11. The number of hydrogen-bond acceptors (Lipinski definition) is 2. The van der Waals surface area contributed by atoms with Crippen LogP contribution in [0.15, 0.2) is 29.4 Å². The monoisotopic (exact) mass is 266 g/mol. The topological polar surface area (TPSA) is 41.5 Å². The van der Waals surface area contributed by atoms with Gasteiger partial charge < -0.3 is 0 Å². The molecular weight excluding hydrogens is 248 g/mol. The van der Waals surface area contributed by atoms with Gasteiger partial charge in [0.2, 0.25) is 5.91 Å². The molecule has 0 saturated carbocycles.